The molecule has 2 unspecified atom stereocenters. The van der Waals surface area contributed by atoms with Crippen molar-refractivity contribution in [3.8, 4) is 22.2 Å². The lowest BCUT2D eigenvalue weighted by Crippen LogP contribution is -2.70. The number of fused-ring (bicyclic) bond motifs is 3. The molecule has 10 heteroatoms. The van der Waals surface area contributed by atoms with Gasteiger partial charge in [0.2, 0.25) is 5.88 Å². The largest absolute Gasteiger partial charge is 0.444 e. The molecule has 3 saturated heterocycles. The minimum absolute atomic E-state index is 0.0706. The van der Waals surface area contributed by atoms with Gasteiger partial charge in [-0.25, -0.2) is 14.8 Å². The van der Waals surface area contributed by atoms with E-state index in [4.69, 9.17) is 18.9 Å². The molecule has 3 aliphatic rings. The molecule has 2 bridgehead atoms. The zero-order valence-corrected chi connectivity index (χ0v) is 20.5. The molecular weight excluding hydrogens is 466 g/mol. The summed E-state index contributed by atoms with van der Waals surface area (Å²) in [6, 6.07) is 9.96. The first-order valence-electron chi connectivity index (χ1n) is 11.5. The van der Waals surface area contributed by atoms with Crippen LogP contribution in [0.4, 0.5) is 10.8 Å². The second kappa shape index (κ2) is 8.23. The van der Waals surface area contributed by atoms with Crippen LogP contribution in [0.3, 0.4) is 0 Å². The predicted molar refractivity (Wildman–Crippen MR) is 132 cm³/mol. The summed E-state index contributed by atoms with van der Waals surface area (Å²) in [6.07, 6.45) is 4.15. The maximum Gasteiger partial charge on any atom is 0.410 e. The van der Waals surface area contributed by atoms with E-state index in [2.05, 4.69) is 14.9 Å². The Morgan fingerprint density at radius 2 is 1.94 bits per heavy atom. The highest BCUT2D eigenvalue weighted by molar-refractivity contribution is 7.13. The van der Waals surface area contributed by atoms with Crippen LogP contribution < -0.4 is 9.64 Å². The molecule has 1 amide bonds. The van der Waals surface area contributed by atoms with E-state index in [1.807, 2.05) is 55.3 Å². The Kier molecular flexibility index (Phi) is 5.14. The molecule has 0 radical (unpaired) electrons. The molecule has 7 rings (SSSR count). The van der Waals surface area contributed by atoms with Crippen LogP contribution in [0, 0.1) is 0 Å². The van der Waals surface area contributed by atoms with Crippen molar-refractivity contribution in [1.29, 1.82) is 0 Å². The number of piperidine rings is 1. The van der Waals surface area contributed by atoms with E-state index >= 15 is 0 Å². The highest BCUT2D eigenvalue weighted by atomic mass is 32.1. The van der Waals surface area contributed by atoms with E-state index < -0.39 is 5.60 Å². The van der Waals surface area contributed by atoms with Crippen molar-refractivity contribution >= 4 is 34.5 Å². The van der Waals surface area contributed by atoms with Gasteiger partial charge >= 0.3 is 6.09 Å². The zero-order chi connectivity index (χ0) is 24.2. The van der Waals surface area contributed by atoms with Crippen LogP contribution in [0.5, 0.6) is 11.6 Å². The van der Waals surface area contributed by atoms with Crippen LogP contribution in [-0.2, 0) is 4.74 Å². The molecule has 3 aliphatic heterocycles. The van der Waals surface area contributed by atoms with Crippen LogP contribution in [-0.4, -0.2) is 56.7 Å². The Morgan fingerprint density at radius 1 is 1.11 bits per heavy atom. The summed E-state index contributed by atoms with van der Waals surface area (Å²) in [7, 11) is 0. The third-order valence-electron chi connectivity index (χ3n) is 6.08. The van der Waals surface area contributed by atoms with Gasteiger partial charge in [0, 0.05) is 36.9 Å². The van der Waals surface area contributed by atoms with Crippen molar-refractivity contribution in [3.63, 3.8) is 0 Å². The van der Waals surface area contributed by atoms with Crippen LogP contribution in [0.1, 0.15) is 27.2 Å². The first kappa shape index (κ1) is 21.8. The molecule has 0 aliphatic carbocycles. The molecule has 6 heterocycles. The standard InChI is InChI=1S/C25H25N5O4S/c1-25(2,3)34-24(31)30-15-12-16(30)14-29(13-15)23-28-20-18(32-19-6-4-5-9-26-19)8-7-17(21(20)33-23)22-27-10-11-35-22/h4-11,15-16H,12-14H2,1-3H3. The number of carbonyl (C=O) groups excluding carboxylic acids is 1. The van der Waals surface area contributed by atoms with E-state index in [1.165, 1.54) is 11.3 Å². The van der Waals surface area contributed by atoms with Crippen molar-refractivity contribution in [2.75, 3.05) is 18.0 Å². The summed E-state index contributed by atoms with van der Waals surface area (Å²) in [6.45, 7) is 6.92. The summed E-state index contributed by atoms with van der Waals surface area (Å²) < 4.78 is 18.0. The number of ether oxygens (including phenoxy) is 2. The van der Waals surface area contributed by atoms with Crippen LogP contribution in [0.15, 0.2) is 52.5 Å². The van der Waals surface area contributed by atoms with Gasteiger partial charge in [-0.1, -0.05) is 6.07 Å². The van der Waals surface area contributed by atoms with Gasteiger partial charge in [-0.05, 0) is 45.4 Å². The number of thiazole rings is 1. The van der Waals surface area contributed by atoms with Gasteiger partial charge in [0.1, 0.15) is 10.6 Å². The number of benzene rings is 1. The fourth-order valence-electron chi connectivity index (χ4n) is 4.61. The Balaban J connectivity index is 1.31. The van der Waals surface area contributed by atoms with E-state index in [9.17, 15) is 4.79 Å². The average molecular weight is 492 g/mol. The van der Waals surface area contributed by atoms with Crippen molar-refractivity contribution in [3.05, 3.63) is 48.1 Å². The topological polar surface area (TPSA) is 93.8 Å². The lowest BCUT2D eigenvalue weighted by Gasteiger charge is -2.55. The van der Waals surface area contributed by atoms with Crippen LogP contribution in [0.25, 0.3) is 21.7 Å². The second-order valence-corrected chi connectivity index (χ2v) is 10.6. The maximum absolute atomic E-state index is 12.7. The number of carbonyl (C=O) groups is 1. The molecular formula is C25H25N5O4S. The lowest BCUT2D eigenvalue weighted by atomic mass is 9.88. The number of rotatable bonds is 4. The molecule has 9 nitrogen and oxygen atoms in total. The highest BCUT2D eigenvalue weighted by Gasteiger charge is 2.49. The summed E-state index contributed by atoms with van der Waals surface area (Å²) in [5.74, 6) is 1.04. The molecule has 0 saturated carbocycles. The number of hydrogen-bond donors (Lipinski definition) is 0. The smallest absolute Gasteiger partial charge is 0.410 e. The van der Waals surface area contributed by atoms with Crippen molar-refractivity contribution < 1.29 is 18.7 Å². The Hall–Kier alpha value is -3.66. The van der Waals surface area contributed by atoms with Crippen molar-refractivity contribution in [1.82, 2.24) is 19.9 Å². The van der Waals surface area contributed by atoms with Crippen LogP contribution >= 0.6 is 11.3 Å². The fourth-order valence-corrected chi connectivity index (χ4v) is 5.27. The summed E-state index contributed by atoms with van der Waals surface area (Å²) in [5.41, 5.74) is 1.57. The predicted octanol–water partition coefficient (Wildman–Crippen LogP) is 5.34. The normalized spacial score (nSPS) is 19.5. The van der Waals surface area contributed by atoms with Gasteiger partial charge in [0.15, 0.2) is 16.8 Å². The van der Waals surface area contributed by atoms with Crippen LogP contribution in [0.2, 0.25) is 0 Å². The first-order chi connectivity index (χ1) is 16.9. The molecule has 3 aromatic heterocycles. The monoisotopic (exact) mass is 491 g/mol. The molecule has 2 atom stereocenters. The quantitative estimate of drug-likeness (QED) is 0.378. The molecule has 0 N–H and O–H groups in total. The number of hydrogen-bond acceptors (Lipinski definition) is 9. The minimum Gasteiger partial charge on any atom is -0.444 e. The van der Waals surface area contributed by atoms with E-state index in [1.54, 1.807) is 18.5 Å². The van der Waals surface area contributed by atoms with Gasteiger partial charge in [0.25, 0.3) is 6.01 Å². The van der Waals surface area contributed by atoms with Crippen molar-refractivity contribution in [2.24, 2.45) is 0 Å². The molecule has 35 heavy (non-hydrogen) atoms. The lowest BCUT2D eigenvalue weighted by molar-refractivity contribution is -0.0386. The van der Waals surface area contributed by atoms with Crippen molar-refractivity contribution in [2.45, 2.75) is 44.9 Å². The van der Waals surface area contributed by atoms with Gasteiger partial charge in [-0.3, -0.25) is 4.90 Å². The number of nitrogens with zero attached hydrogens (tertiary/aromatic N) is 5. The minimum atomic E-state index is -0.517. The van der Waals surface area contributed by atoms with E-state index in [-0.39, 0.29) is 18.2 Å². The molecule has 4 aromatic rings. The molecule has 0 spiro atoms. The first-order valence-corrected chi connectivity index (χ1v) is 12.4. The van der Waals surface area contributed by atoms with Gasteiger partial charge < -0.3 is 18.8 Å². The van der Waals surface area contributed by atoms with Gasteiger partial charge in [-0.2, -0.15) is 4.98 Å². The molecule has 3 fully saturated rings. The van der Waals surface area contributed by atoms with Gasteiger partial charge in [-0.15, -0.1) is 11.3 Å². The highest BCUT2D eigenvalue weighted by Crippen LogP contribution is 2.41. The number of amides is 1. The number of aromatic nitrogens is 3. The molecule has 1 aromatic carbocycles. The van der Waals surface area contributed by atoms with E-state index in [0.29, 0.717) is 41.8 Å². The Morgan fingerprint density at radius 3 is 2.63 bits per heavy atom. The number of piperazine rings is 1. The maximum atomic E-state index is 12.7. The number of pyridine rings is 1. The van der Waals surface area contributed by atoms with Gasteiger partial charge in [0.05, 0.1) is 17.6 Å². The average Bonchev–Trinajstić information content (AvgIpc) is 3.50. The fraction of sp³-hybridized carbons (Fsp3) is 0.360. The number of oxazole rings is 1. The molecule has 180 valence electrons. The summed E-state index contributed by atoms with van der Waals surface area (Å²) in [5, 5.41) is 2.78. The third-order valence-corrected chi connectivity index (χ3v) is 6.88. The van der Waals surface area contributed by atoms with E-state index in [0.717, 1.165) is 17.0 Å². The Bertz CT molecular complexity index is 1350. The Labute approximate surface area is 206 Å². The number of anilines is 1. The SMILES string of the molecule is CC(C)(C)OC(=O)N1C2CC1CN(c1nc3c(Oc4ccccn4)ccc(-c4nccs4)c3o1)C2. The summed E-state index contributed by atoms with van der Waals surface area (Å²) in [4.78, 5) is 30.1. The third kappa shape index (κ3) is 4.07. The second-order valence-electron chi connectivity index (χ2n) is 9.73. The summed E-state index contributed by atoms with van der Waals surface area (Å²) >= 11 is 1.54. The zero-order valence-electron chi connectivity index (χ0n) is 19.7.